The van der Waals surface area contributed by atoms with E-state index in [2.05, 4.69) is 0 Å². The highest BCUT2D eigenvalue weighted by Gasteiger charge is 2.30. The summed E-state index contributed by atoms with van der Waals surface area (Å²) in [5.74, 6) is 1.41. The number of hydrogen-bond donors (Lipinski definition) is 1. The summed E-state index contributed by atoms with van der Waals surface area (Å²) in [4.78, 5) is 0. The molecule has 0 bridgehead atoms. The first-order valence-electron chi connectivity index (χ1n) is 4.81. The summed E-state index contributed by atoms with van der Waals surface area (Å²) in [5.41, 5.74) is 7.10. The molecule has 1 aromatic rings. The monoisotopic (exact) mass is 211 g/mol. The van der Waals surface area contributed by atoms with E-state index in [1.807, 2.05) is 18.2 Å². The van der Waals surface area contributed by atoms with Gasteiger partial charge in [-0.2, -0.15) is 0 Å². The van der Waals surface area contributed by atoms with Gasteiger partial charge in [0.2, 0.25) is 0 Å². The van der Waals surface area contributed by atoms with Gasteiger partial charge in [0.15, 0.2) is 0 Å². The van der Waals surface area contributed by atoms with Gasteiger partial charge in [0.1, 0.15) is 5.75 Å². The molecule has 1 aliphatic rings. The van der Waals surface area contributed by atoms with Crippen molar-refractivity contribution in [1.82, 2.24) is 0 Å². The van der Waals surface area contributed by atoms with E-state index in [9.17, 15) is 0 Å². The van der Waals surface area contributed by atoms with Crippen LogP contribution in [-0.2, 0) is 0 Å². The number of nitrogens with two attached hydrogens (primary N) is 1. The lowest BCUT2D eigenvalue weighted by Crippen LogP contribution is -2.12. The molecule has 0 spiro atoms. The maximum atomic E-state index is 6.11. The minimum atomic E-state index is 0.0911. The van der Waals surface area contributed by atoms with Crippen LogP contribution in [0.1, 0.15) is 24.4 Å². The lowest BCUT2D eigenvalue weighted by atomic mass is 10.0. The quantitative estimate of drug-likeness (QED) is 0.835. The Morgan fingerprint density at radius 1 is 1.50 bits per heavy atom. The Bertz CT molecular complexity index is 336. The highest BCUT2D eigenvalue weighted by atomic mass is 35.5. The van der Waals surface area contributed by atoms with Gasteiger partial charge in [0.25, 0.3) is 0 Å². The van der Waals surface area contributed by atoms with Crippen molar-refractivity contribution < 1.29 is 4.74 Å². The van der Waals surface area contributed by atoms with E-state index < -0.39 is 0 Å². The van der Waals surface area contributed by atoms with Crippen molar-refractivity contribution in [3.8, 4) is 5.75 Å². The SMILES string of the molecule is COc1ccc([C@H](N)C2CC2)c(Cl)c1. The van der Waals surface area contributed by atoms with Crippen molar-refractivity contribution >= 4 is 11.6 Å². The Morgan fingerprint density at radius 2 is 2.21 bits per heavy atom. The summed E-state index contributed by atoms with van der Waals surface area (Å²) < 4.78 is 5.08. The van der Waals surface area contributed by atoms with Gasteiger partial charge in [-0.05, 0) is 36.5 Å². The standard InChI is InChI=1S/C11H14ClNO/c1-14-8-4-5-9(10(12)6-8)11(13)7-2-3-7/h4-7,11H,2-3,13H2,1H3/t11-/m1/s1. The Labute approximate surface area is 89.0 Å². The Morgan fingerprint density at radius 3 is 2.71 bits per heavy atom. The summed E-state index contributed by atoms with van der Waals surface area (Å²) in [6, 6.07) is 5.78. The number of ether oxygens (including phenoxy) is 1. The third kappa shape index (κ3) is 1.86. The molecule has 2 nitrogen and oxygen atoms in total. The van der Waals surface area contributed by atoms with Crippen LogP contribution in [0.5, 0.6) is 5.75 Å². The van der Waals surface area contributed by atoms with Crippen LogP contribution in [0.4, 0.5) is 0 Å². The maximum absolute atomic E-state index is 6.11. The predicted molar refractivity (Wildman–Crippen MR) is 57.7 cm³/mol. The van der Waals surface area contributed by atoms with Gasteiger partial charge >= 0.3 is 0 Å². The molecule has 3 heteroatoms. The van der Waals surface area contributed by atoms with E-state index in [0.29, 0.717) is 10.9 Å². The van der Waals surface area contributed by atoms with Crippen LogP contribution in [0.25, 0.3) is 0 Å². The molecule has 0 aromatic heterocycles. The lowest BCUT2D eigenvalue weighted by molar-refractivity contribution is 0.414. The summed E-state index contributed by atoms with van der Waals surface area (Å²) in [5, 5.41) is 0.712. The predicted octanol–water partition coefficient (Wildman–Crippen LogP) is 2.76. The Kier molecular flexibility index (Phi) is 2.66. The van der Waals surface area contributed by atoms with E-state index in [-0.39, 0.29) is 6.04 Å². The molecule has 0 amide bonds. The van der Waals surface area contributed by atoms with Crippen LogP contribution in [-0.4, -0.2) is 7.11 Å². The second-order valence-electron chi connectivity index (χ2n) is 3.75. The fourth-order valence-corrected chi connectivity index (χ4v) is 1.91. The van der Waals surface area contributed by atoms with Gasteiger partial charge in [0, 0.05) is 11.1 Å². The van der Waals surface area contributed by atoms with Crippen LogP contribution in [0, 0.1) is 5.92 Å². The second-order valence-corrected chi connectivity index (χ2v) is 4.16. The molecule has 0 aliphatic heterocycles. The third-order valence-electron chi connectivity index (χ3n) is 2.70. The minimum absolute atomic E-state index is 0.0911. The van der Waals surface area contributed by atoms with Crippen LogP contribution in [0.3, 0.4) is 0 Å². The molecule has 2 rings (SSSR count). The summed E-state index contributed by atoms with van der Waals surface area (Å²) >= 11 is 6.11. The van der Waals surface area contributed by atoms with E-state index >= 15 is 0 Å². The average molecular weight is 212 g/mol. The molecule has 0 saturated heterocycles. The fraction of sp³-hybridized carbons (Fsp3) is 0.455. The Balaban J connectivity index is 2.24. The van der Waals surface area contributed by atoms with Crippen molar-refractivity contribution in [1.29, 1.82) is 0 Å². The van der Waals surface area contributed by atoms with Crippen LogP contribution in [0.2, 0.25) is 5.02 Å². The minimum Gasteiger partial charge on any atom is -0.497 e. The van der Waals surface area contributed by atoms with Crippen molar-refractivity contribution in [3.63, 3.8) is 0 Å². The highest BCUT2D eigenvalue weighted by Crippen LogP contribution is 2.41. The van der Waals surface area contributed by atoms with E-state index in [4.69, 9.17) is 22.1 Å². The number of methoxy groups -OCH3 is 1. The van der Waals surface area contributed by atoms with Crippen molar-refractivity contribution in [2.45, 2.75) is 18.9 Å². The molecular weight excluding hydrogens is 198 g/mol. The number of hydrogen-bond acceptors (Lipinski definition) is 2. The molecule has 1 atom stereocenters. The topological polar surface area (TPSA) is 35.2 Å². The number of benzene rings is 1. The average Bonchev–Trinajstić information content (AvgIpc) is 3.00. The highest BCUT2D eigenvalue weighted by molar-refractivity contribution is 6.31. The van der Waals surface area contributed by atoms with E-state index in [0.717, 1.165) is 11.3 Å². The molecule has 0 heterocycles. The normalized spacial score (nSPS) is 17.9. The number of rotatable bonds is 3. The first-order valence-corrected chi connectivity index (χ1v) is 5.19. The first-order chi connectivity index (χ1) is 6.72. The number of halogens is 1. The molecule has 0 radical (unpaired) electrons. The molecule has 1 aromatic carbocycles. The fourth-order valence-electron chi connectivity index (χ4n) is 1.61. The zero-order valence-corrected chi connectivity index (χ0v) is 8.92. The van der Waals surface area contributed by atoms with Gasteiger partial charge in [-0.1, -0.05) is 17.7 Å². The van der Waals surface area contributed by atoms with Crippen LogP contribution < -0.4 is 10.5 Å². The molecule has 14 heavy (non-hydrogen) atoms. The molecule has 76 valence electrons. The molecule has 0 unspecified atom stereocenters. The smallest absolute Gasteiger partial charge is 0.120 e. The second kappa shape index (κ2) is 3.79. The van der Waals surface area contributed by atoms with E-state index in [1.165, 1.54) is 12.8 Å². The van der Waals surface area contributed by atoms with E-state index in [1.54, 1.807) is 7.11 Å². The molecular formula is C11H14ClNO. The van der Waals surface area contributed by atoms with Crippen molar-refractivity contribution in [3.05, 3.63) is 28.8 Å². The van der Waals surface area contributed by atoms with Gasteiger partial charge in [-0.15, -0.1) is 0 Å². The van der Waals surface area contributed by atoms with Gasteiger partial charge in [0.05, 0.1) is 7.11 Å². The molecule has 1 saturated carbocycles. The Hall–Kier alpha value is -0.730. The summed E-state index contributed by atoms with van der Waals surface area (Å²) in [6.45, 7) is 0. The molecule has 1 fully saturated rings. The zero-order valence-electron chi connectivity index (χ0n) is 8.16. The summed E-state index contributed by atoms with van der Waals surface area (Å²) in [7, 11) is 1.63. The van der Waals surface area contributed by atoms with Gasteiger partial charge in [-0.25, -0.2) is 0 Å². The van der Waals surface area contributed by atoms with Gasteiger partial charge < -0.3 is 10.5 Å². The van der Waals surface area contributed by atoms with Crippen molar-refractivity contribution in [2.24, 2.45) is 11.7 Å². The van der Waals surface area contributed by atoms with Crippen molar-refractivity contribution in [2.75, 3.05) is 7.11 Å². The van der Waals surface area contributed by atoms with Gasteiger partial charge in [-0.3, -0.25) is 0 Å². The van der Waals surface area contributed by atoms with Crippen LogP contribution in [0.15, 0.2) is 18.2 Å². The third-order valence-corrected chi connectivity index (χ3v) is 3.02. The largest absolute Gasteiger partial charge is 0.497 e. The lowest BCUT2D eigenvalue weighted by Gasteiger charge is -2.13. The zero-order chi connectivity index (χ0) is 10.1. The maximum Gasteiger partial charge on any atom is 0.120 e. The summed E-state index contributed by atoms with van der Waals surface area (Å²) in [6.07, 6.45) is 2.45. The van der Waals surface area contributed by atoms with Crippen LogP contribution >= 0.6 is 11.6 Å². The molecule has 2 N–H and O–H groups in total. The first kappa shape index (κ1) is 9.81. The molecule has 1 aliphatic carbocycles.